The van der Waals surface area contributed by atoms with Crippen LogP contribution in [0.1, 0.15) is 136 Å². The summed E-state index contributed by atoms with van der Waals surface area (Å²) in [7, 11) is 0. The van der Waals surface area contributed by atoms with Gasteiger partial charge < -0.3 is 15.6 Å². The number of hydrogen-bond acceptors (Lipinski definition) is 3. The molecule has 4 nitrogen and oxygen atoms in total. The largest absolute Gasteiger partial charge is 0.355 e. The van der Waals surface area contributed by atoms with Crippen molar-refractivity contribution in [2.75, 3.05) is 0 Å². The van der Waals surface area contributed by atoms with Crippen molar-refractivity contribution in [3.8, 4) is 0 Å². The van der Waals surface area contributed by atoms with Crippen LogP contribution in [0, 0.1) is 11.3 Å². The highest BCUT2D eigenvalue weighted by atomic mass is 35.5. The smallest absolute Gasteiger partial charge is 0.0806 e. The number of rotatable bonds is 0. The second-order valence-corrected chi connectivity index (χ2v) is 21.6. The first-order valence-corrected chi connectivity index (χ1v) is 20.8. The summed E-state index contributed by atoms with van der Waals surface area (Å²) in [5.41, 5.74) is 18.7. The van der Waals surface area contributed by atoms with Crippen LogP contribution in [0.3, 0.4) is 0 Å². The van der Waals surface area contributed by atoms with Gasteiger partial charge in [0.1, 0.15) is 0 Å². The Balaban J connectivity index is 1.47. The monoisotopic (exact) mass is 760 g/mol. The lowest BCUT2D eigenvalue weighted by atomic mass is 9.69. The number of dihydropyridines is 2. The van der Waals surface area contributed by atoms with Crippen molar-refractivity contribution in [1.82, 2.24) is 15.6 Å². The van der Waals surface area contributed by atoms with E-state index < -0.39 is 0 Å². The number of aromatic nitrogens is 1. The molecule has 56 heavy (non-hydrogen) atoms. The summed E-state index contributed by atoms with van der Waals surface area (Å²) in [6.07, 6.45) is 10.8. The fourth-order valence-corrected chi connectivity index (χ4v) is 9.36. The van der Waals surface area contributed by atoms with Gasteiger partial charge in [-0.05, 0) is 136 Å². The molecule has 3 aromatic carbocycles. The van der Waals surface area contributed by atoms with Crippen molar-refractivity contribution in [1.29, 1.82) is 0 Å². The Bertz CT molecular complexity index is 2780. The molecule has 0 saturated carbocycles. The third-order valence-electron chi connectivity index (χ3n) is 12.8. The predicted molar refractivity (Wildman–Crippen MR) is 239 cm³/mol. The summed E-state index contributed by atoms with van der Waals surface area (Å²) in [6, 6.07) is 14.4. The maximum atomic E-state index is 7.22. The third-order valence-corrected chi connectivity index (χ3v) is 13.0. The predicted octanol–water partition coefficient (Wildman–Crippen LogP) is 12.0. The molecule has 0 spiro atoms. The first-order valence-electron chi connectivity index (χ1n) is 20.5. The first-order chi connectivity index (χ1) is 26.0. The summed E-state index contributed by atoms with van der Waals surface area (Å²) in [5, 5.41) is 13.4. The number of hydrogen-bond donors (Lipinski definition) is 3. The average Bonchev–Trinajstić information content (AvgIpc) is 3.66. The molecule has 1 unspecified atom stereocenters. The molecule has 1 aliphatic carbocycles. The fraction of sp³-hybridized carbons (Fsp3) is 0.392. The van der Waals surface area contributed by atoms with Gasteiger partial charge in [-0.25, -0.2) is 4.99 Å². The van der Waals surface area contributed by atoms with Crippen LogP contribution in [-0.2, 0) is 16.2 Å². The Labute approximate surface area is 338 Å². The van der Waals surface area contributed by atoms with E-state index in [0.717, 1.165) is 73.5 Å². The fourth-order valence-electron chi connectivity index (χ4n) is 9.14. The van der Waals surface area contributed by atoms with Gasteiger partial charge in [0, 0.05) is 66.1 Å². The third kappa shape index (κ3) is 5.97. The Morgan fingerprint density at radius 3 is 1.68 bits per heavy atom. The minimum Gasteiger partial charge on any atom is -0.355 e. The lowest BCUT2D eigenvalue weighted by Gasteiger charge is -2.37. The number of benzene rings is 3. The van der Waals surface area contributed by atoms with Crippen LogP contribution in [0.4, 0.5) is 0 Å². The average molecular weight is 761 g/mol. The number of halogens is 1. The Kier molecular flexibility index (Phi) is 7.94. The number of fused-ring (bicyclic) bond motifs is 8. The highest BCUT2D eigenvalue weighted by Gasteiger charge is 2.38. The van der Waals surface area contributed by atoms with Gasteiger partial charge in [-0.15, -0.1) is 0 Å². The summed E-state index contributed by atoms with van der Waals surface area (Å²) >= 11 is 7.22. The van der Waals surface area contributed by atoms with Crippen LogP contribution in [0.25, 0.3) is 44.5 Å². The van der Waals surface area contributed by atoms with E-state index in [1.165, 1.54) is 55.3 Å². The summed E-state index contributed by atoms with van der Waals surface area (Å²) in [4.78, 5) is 9.72. The van der Waals surface area contributed by atoms with E-state index in [4.69, 9.17) is 16.6 Å². The van der Waals surface area contributed by atoms with Crippen LogP contribution < -0.4 is 21.2 Å². The SMILES string of the molecule is CC1=CC2=c3cc(C(C)(C)C)cc4c3=NC3=C4CC(C(C)(C)C)CC3=C3C=C(Cl)C=C(N3)c3cc(C(C)(C)C)cc4c3[nH]c3c(cc(C(C)(C)C)cc34)C(=C1)N2. The number of nitrogens with zero attached hydrogens (tertiary/aromatic N) is 1. The van der Waals surface area contributed by atoms with E-state index in [2.05, 4.69) is 166 Å². The number of aromatic amines is 1. The topological polar surface area (TPSA) is 52.2 Å². The molecule has 9 rings (SSSR count). The van der Waals surface area contributed by atoms with Gasteiger partial charge in [0.2, 0.25) is 0 Å². The maximum Gasteiger partial charge on any atom is 0.0806 e. The van der Waals surface area contributed by atoms with Crippen LogP contribution >= 0.6 is 11.6 Å². The van der Waals surface area contributed by atoms with Gasteiger partial charge in [0.05, 0.1) is 22.1 Å². The number of H-pyrrole nitrogens is 1. The molecule has 288 valence electrons. The van der Waals surface area contributed by atoms with Crippen molar-refractivity contribution in [3.05, 3.63) is 132 Å². The summed E-state index contributed by atoms with van der Waals surface area (Å²) in [6.45, 7) is 30.2. The quantitative estimate of drug-likeness (QED) is 0.167. The lowest BCUT2D eigenvalue weighted by Crippen LogP contribution is -2.35. The van der Waals surface area contributed by atoms with Crippen molar-refractivity contribution < 1.29 is 0 Å². The molecule has 3 N–H and O–H groups in total. The van der Waals surface area contributed by atoms with E-state index in [-0.39, 0.29) is 21.7 Å². The molecular formula is C51H57ClN4. The zero-order valence-electron chi connectivity index (χ0n) is 35.6. The molecule has 5 aliphatic rings. The molecule has 1 atom stereocenters. The molecule has 0 fully saturated rings. The Morgan fingerprint density at radius 1 is 0.589 bits per heavy atom. The van der Waals surface area contributed by atoms with E-state index >= 15 is 0 Å². The van der Waals surface area contributed by atoms with Crippen LogP contribution in [0.2, 0.25) is 0 Å². The van der Waals surface area contributed by atoms with Crippen molar-refractivity contribution >= 4 is 56.1 Å². The molecule has 0 saturated heterocycles. The normalized spacial score (nSPS) is 19.6. The van der Waals surface area contributed by atoms with Gasteiger partial charge in [-0.2, -0.15) is 0 Å². The first kappa shape index (κ1) is 37.1. The number of nitrogens with one attached hydrogen (secondary N) is 3. The number of allylic oxidation sites excluding steroid dienone is 7. The van der Waals surface area contributed by atoms with Gasteiger partial charge in [-0.1, -0.05) is 94.7 Å². The summed E-state index contributed by atoms with van der Waals surface area (Å²) in [5.74, 6) is 0.424. The van der Waals surface area contributed by atoms with Gasteiger partial charge >= 0.3 is 0 Å². The molecule has 4 aromatic rings. The molecule has 1 aromatic heterocycles. The minimum absolute atomic E-state index is 0.0566. The van der Waals surface area contributed by atoms with Crippen molar-refractivity contribution in [2.24, 2.45) is 16.3 Å². The minimum atomic E-state index is -0.0781. The second-order valence-electron chi connectivity index (χ2n) is 21.2. The Hall–Kier alpha value is -4.54. The van der Waals surface area contributed by atoms with E-state index in [1.54, 1.807) is 0 Å². The van der Waals surface area contributed by atoms with Gasteiger partial charge in [0.15, 0.2) is 0 Å². The molecule has 5 heteroatoms. The zero-order chi connectivity index (χ0) is 40.0. The maximum absolute atomic E-state index is 7.22. The van der Waals surface area contributed by atoms with Crippen LogP contribution in [0.15, 0.2) is 93.3 Å². The van der Waals surface area contributed by atoms with Gasteiger partial charge in [0.25, 0.3) is 0 Å². The molecule has 5 heterocycles. The molecular weight excluding hydrogens is 704 g/mol. The molecule has 4 aliphatic heterocycles. The van der Waals surface area contributed by atoms with Crippen molar-refractivity contribution in [3.63, 3.8) is 0 Å². The molecule has 0 radical (unpaired) electrons. The highest BCUT2D eigenvalue weighted by molar-refractivity contribution is 6.32. The van der Waals surface area contributed by atoms with E-state index in [0.29, 0.717) is 5.92 Å². The second kappa shape index (κ2) is 12.0. The van der Waals surface area contributed by atoms with E-state index in [9.17, 15) is 0 Å². The zero-order valence-corrected chi connectivity index (χ0v) is 36.3. The summed E-state index contributed by atoms with van der Waals surface area (Å²) < 4.78 is 0. The van der Waals surface area contributed by atoms with Gasteiger partial charge in [-0.3, -0.25) is 0 Å². The molecule has 0 amide bonds. The Morgan fingerprint density at radius 2 is 1.11 bits per heavy atom. The van der Waals surface area contributed by atoms with Crippen molar-refractivity contribution in [2.45, 2.75) is 119 Å². The van der Waals surface area contributed by atoms with E-state index in [1.807, 2.05) is 0 Å². The van der Waals surface area contributed by atoms with Crippen LogP contribution in [0.5, 0.6) is 0 Å². The highest BCUT2D eigenvalue weighted by Crippen LogP contribution is 2.49. The molecule has 8 bridgehead atoms. The lowest BCUT2D eigenvalue weighted by molar-refractivity contribution is 0.239. The van der Waals surface area contributed by atoms with Crippen LogP contribution in [-0.4, -0.2) is 4.98 Å². The standard InChI is InChI=1S/C51H57ClN4/c1-26-14-40-36-20-27(48(2,3)4)16-32-34-18-29(50(8,9)10)22-38(46(34)55-44(32)36)42-24-31(52)25-43(54-42)39-23-30(51(11,12)13)19-35-33-17-28(49(5,6)7)21-37(41(15-26)53-40)45(33)56-47(35)39/h14-18,20-22,24-25,30,53-55H,19,23H2,1-13H3.